The number of hydrogen-bond acceptors (Lipinski definition) is 1. The molecule has 1 N–H and O–H groups in total. The molecule has 14 heavy (non-hydrogen) atoms. The average Bonchev–Trinajstić information content (AvgIpc) is 2.07. The van der Waals surface area contributed by atoms with Crippen LogP contribution in [0.5, 0.6) is 0 Å². The molecule has 1 heteroatoms. The van der Waals surface area contributed by atoms with Crippen LogP contribution in [0, 0.1) is 24.2 Å². The van der Waals surface area contributed by atoms with Crippen LogP contribution in [0.2, 0.25) is 0 Å². The van der Waals surface area contributed by atoms with Crippen LogP contribution in [-0.2, 0) is 0 Å². The Kier molecular flexibility index (Phi) is 4.48. The van der Waals surface area contributed by atoms with Gasteiger partial charge in [-0.1, -0.05) is 20.8 Å². The van der Waals surface area contributed by atoms with Gasteiger partial charge >= 0.3 is 0 Å². The molecule has 1 atom stereocenters. The molecule has 0 amide bonds. The van der Waals surface area contributed by atoms with E-state index in [4.69, 9.17) is 6.42 Å². The molecular formula is C13H23N. The fourth-order valence-corrected chi connectivity index (χ4v) is 2.14. The highest BCUT2D eigenvalue weighted by molar-refractivity contribution is 4.93. The van der Waals surface area contributed by atoms with Gasteiger partial charge in [0, 0.05) is 18.5 Å². The second-order valence-electron chi connectivity index (χ2n) is 4.85. The van der Waals surface area contributed by atoms with E-state index < -0.39 is 0 Å². The standard InChI is InChI=1S/C13H23N/c1-5-7-12(6-2)14-13-8-11(9-13)10(3)4/h1,10-14H,6-9H2,2-4H3. The third kappa shape index (κ3) is 3.03. The Bertz CT molecular complexity index is 196. The molecule has 80 valence electrons. The molecule has 1 aliphatic rings. The Balaban J connectivity index is 2.18. The minimum atomic E-state index is 0.540. The first-order chi connectivity index (χ1) is 6.67. The van der Waals surface area contributed by atoms with Gasteiger partial charge in [-0.25, -0.2) is 0 Å². The smallest absolute Gasteiger partial charge is 0.0240 e. The minimum Gasteiger partial charge on any atom is -0.310 e. The van der Waals surface area contributed by atoms with Crippen molar-refractivity contribution in [2.75, 3.05) is 0 Å². The molecule has 0 saturated heterocycles. The van der Waals surface area contributed by atoms with E-state index in [1.165, 1.54) is 12.8 Å². The molecule has 0 aromatic rings. The van der Waals surface area contributed by atoms with Crippen LogP contribution < -0.4 is 5.32 Å². The molecule has 1 aliphatic carbocycles. The van der Waals surface area contributed by atoms with Gasteiger partial charge in [0.2, 0.25) is 0 Å². The summed E-state index contributed by atoms with van der Waals surface area (Å²) in [5, 5.41) is 3.65. The van der Waals surface area contributed by atoms with Crippen LogP contribution in [0.15, 0.2) is 0 Å². The van der Waals surface area contributed by atoms with E-state index in [0.717, 1.165) is 30.7 Å². The zero-order valence-corrected chi connectivity index (χ0v) is 9.72. The third-order valence-corrected chi connectivity index (χ3v) is 3.45. The minimum absolute atomic E-state index is 0.540. The fourth-order valence-electron chi connectivity index (χ4n) is 2.14. The summed E-state index contributed by atoms with van der Waals surface area (Å²) >= 11 is 0. The van der Waals surface area contributed by atoms with Crippen LogP contribution in [0.3, 0.4) is 0 Å². The van der Waals surface area contributed by atoms with Crippen molar-refractivity contribution in [3.8, 4) is 12.3 Å². The molecule has 1 nitrogen and oxygen atoms in total. The number of hydrogen-bond donors (Lipinski definition) is 1. The van der Waals surface area contributed by atoms with Crippen LogP contribution in [0.4, 0.5) is 0 Å². The maximum atomic E-state index is 5.33. The van der Waals surface area contributed by atoms with E-state index in [2.05, 4.69) is 32.0 Å². The lowest BCUT2D eigenvalue weighted by atomic mass is 9.73. The van der Waals surface area contributed by atoms with Crippen molar-refractivity contribution in [1.29, 1.82) is 0 Å². The van der Waals surface area contributed by atoms with Gasteiger partial charge in [-0.05, 0) is 31.1 Å². The predicted molar refractivity (Wildman–Crippen MR) is 62.0 cm³/mol. The molecule has 0 aromatic heterocycles. The topological polar surface area (TPSA) is 12.0 Å². The van der Waals surface area contributed by atoms with Crippen LogP contribution in [0.1, 0.15) is 46.5 Å². The summed E-state index contributed by atoms with van der Waals surface area (Å²) in [6.45, 7) is 6.84. The lowest BCUT2D eigenvalue weighted by Gasteiger charge is -2.40. The molecule has 0 aromatic carbocycles. The summed E-state index contributed by atoms with van der Waals surface area (Å²) < 4.78 is 0. The Morgan fingerprint density at radius 2 is 2.07 bits per heavy atom. The number of nitrogens with one attached hydrogen (secondary N) is 1. The molecule has 0 aliphatic heterocycles. The van der Waals surface area contributed by atoms with Crippen molar-refractivity contribution in [2.45, 2.75) is 58.5 Å². The molecular weight excluding hydrogens is 170 g/mol. The summed E-state index contributed by atoms with van der Waals surface area (Å²) in [6.07, 6.45) is 10.0. The average molecular weight is 193 g/mol. The molecule has 0 radical (unpaired) electrons. The number of terminal acetylenes is 1. The molecule has 0 spiro atoms. The van der Waals surface area contributed by atoms with Crippen LogP contribution in [0.25, 0.3) is 0 Å². The Morgan fingerprint density at radius 3 is 2.50 bits per heavy atom. The zero-order chi connectivity index (χ0) is 10.6. The summed E-state index contributed by atoms with van der Waals surface area (Å²) in [7, 11) is 0. The van der Waals surface area contributed by atoms with E-state index in [-0.39, 0.29) is 0 Å². The quantitative estimate of drug-likeness (QED) is 0.662. The molecule has 1 saturated carbocycles. The van der Waals surface area contributed by atoms with Gasteiger partial charge in [0.1, 0.15) is 0 Å². The lowest BCUT2D eigenvalue weighted by molar-refractivity contribution is 0.156. The molecule has 0 heterocycles. The van der Waals surface area contributed by atoms with Crippen LogP contribution in [-0.4, -0.2) is 12.1 Å². The maximum absolute atomic E-state index is 5.33. The highest BCUT2D eigenvalue weighted by atomic mass is 15.0. The van der Waals surface area contributed by atoms with E-state index in [1.54, 1.807) is 0 Å². The first kappa shape index (κ1) is 11.6. The Labute approximate surface area is 88.7 Å². The van der Waals surface area contributed by atoms with E-state index in [1.807, 2.05) is 0 Å². The van der Waals surface area contributed by atoms with Gasteiger partial charge in [0.05, 0.1) is 0 Å². The second kappa shape index (κ2) is 5.41. The van der Waals surface area contributed by atoms with Gasteiger partial charge in [-0.3, -0.25) is 0 Å². The normalized spacial score (nSPS) is 28.2. The monoisotopic (exact) mass is 193 g/mol. The number of rotatable bonds is 5. The Morgan fingerprint density at radius 1 is 1.43 bits per heavy atom. The molecule has 1 fully saturated rings. The predicted octanol–water partition coefficient (Wildman–Crippen LogP) is 2.81. The van der Waals surface area contributed by atoms with Crippen molar-refractivity contribution in [3.63, 3.8) is 0 Å². The summed E-state index contributed by atoms with van der Waals surface area (Å²) in [5.74, 6) is 4.53. The SMILES string of the molecule is C#CCC(CC)NC1CC(C(C)C)C1. The van der Waals surface area contributed by atoms with E-state index in [0.29, 0.717) is 6.04 Å². The van der Waals surface area contributed by atoms with Crippen LogP contribution >= 0.6 is 0 Å². The second-order valence-corrected chi connectivity index (χ2v) is 4.85. The van der Waals surface area contributed by atoms with Gasteiger partial charge in [0.15, 0.2) is 0 Å². The highest BCUT2D eigenvalue weighted by Crippen LogP contribution is 2.33. The van der Waals surface area contributed by atoms with Crippen molar-refractivity contribution >= 4 is 0 Å². The first-order valence-corrected chi connectivity index (χ1v) is 5.86. The van der Waals surface area contributed by atoms with Gasteiger partial charge in [-0.15, -0.1) is 12.3 Å². The largest absolute Gasteiger partial charge is 0.310 e. The molecule has 1 unspecified atom stereocenters. The van der Waals surface area contributed by atoms with Crippen molar-refractivity contribution in [1.82, 2.24) is 5.32 Å². The van der Waals surface area contributed by atoms with Gasteiger partial charge in [-0.2, -0.15) is 0 Å². The van der Waals surface area contributed by atoms with Crippen molar-refractivity contribution in [2.24, 2.45) is 11.8 Å². The van der Waals surface area contributed by atoms with Gasteiger partial charge in [0.25, 0.3) is 0 Å². The zero-order valence-electron chi connectivity index (χ0n) is 9.72. The van der Waals surface area contributed by atoms with Gasteiger partial charge < -0.3 is 5.32 Å². The van der Waals surface area contributed by atoms with E-state index >= 15 is 0 Å². The molecule has 0 bridgehead atoms. The fraction of sp³-hybridized carbons (Fsp3) is 0.846. The summed E-state index contributed by atoms with van der Waals surface area (Å²) in [6, 6.07) is 1.28. The molecule has 1 rings (SSSR count). The lowest BCUT2D eigenvalue weighted by Crippen LogP contribution is -2.47. The van der Waals surface area contributed by atoms with Crippen molar-refractivity contribution in [3.05, 3.63) is 0 Å². The first-order valence-electron chi connectivity index (χ1n) is 5.86. The van der Waals surface area contributed by atoms with Crippen molar-refractivity contribution < 1.29 is 0 Å². The van der Waals surface area contributed by atoms with E-state index in [9.17, 15) is 0 Å². The third-order valence-electron chi connectivity index (χ3n) is 3.45. The maximum Gasteiger partial charge on any atom is 0.0240 e. The Hall–Kier alpha value is -0.480. The highest BCUT2D eigenvalue weighted by Gasteiger charge is 2.31. The summed E-state index contributed by atoms with van der Waals surface area (Å²) in [4.78, 5) is 0. The summed E-state index contributed by atoms with van der Waals surface area (Å²) in [5.41, 5.74) is 0.